The third-order valence-corrected chi connectivity index (χ3v) is 3.24. The number of hydrogen-bond acceptors (Lipinski definition) is 0. The van der Waals surface area contributed by atoms with Crippen LogP contribution in [0.5, 0.6) is 0 Å². The van der Waals surface area contributed by atoms with Crippen LogP contribution in [0.4, 0.5) is 0 Å². The van der Waals surface area contributed by atoms with Gasteiger partial charge in [0.05, 0.1) is 0 Å². The molecule has 3 atom stereocenters. The maximum Gasteiger partial charge on any atom is -0.0231 e. The van der Waals surface area contributed by atoms with Crippen LogP contribution in [0.15, 0.2) is 12.2 Å². The third-order valence-electron chi connectivity index (χ3n) is 3.24. The molecule has 2 rings (SSSR count). The smallest absolute Gasteiger partial charge is 0.0231 e. The normalized spacial score (nSPS) is 42.5. The number of allylic oxidation sites excluding steroid dienone is 2. The zero-order valence-electron chi connectivity index (χ0n) is 7.42. The van der Waals surface area contributed by atoms with Crippen LogP contribution in [-0.2, 0) is 0 Å². The molecule has 0 saturated heterocycles. The fourth-order valence-corrected chi connectivity index (χ4v) is 2.20. The predicted molar refractivity (Wildman–Crippen MR) is 48.4 cm³/mol. The van der Waals surface area contributed by atoms with E-state index in [2.05, 4.69) is 19.1 Å². The van der Waals surface area contributed by atoms with Crippen molar-refractivity contribution < 1.29 is 0 Å². The molecule has 1 saturated carbocycles. The van der Waals surface area contributed by atoms with Gasteiger partial charge in [-0.1, -0.05) is 19.1 Å². The fourth-order valence-electron chi connectivity index (χ4n) is 2.20. The minimum atomic E-state index is 0.943. The highest BCUT2D eigenvalue weighted by molar-refractivity contribution is 4.96. The summed E-state index contributed by atoms with van der Waals surface area (Å²) in [5.74, 6) is 3.08. The van der Waals surface area contributed by atoms with Crippen molar-refractivity contribution in [2.75, 3.05) is 0 Å². The predicted octanol–water partition coefficient (Wildman–Crippen LogP) is 3.39. The van der Waals surface area contributed by atoms with Crippen LogP contribution >= 0.6 is 0 Å². The van der Waals surface area contributed by atoms with Gasteiger partial charge in [0.2, 0.25) is 0 Å². The molecular weight excluding hydrogens is 132 g/mol. The number of rotatable bonds is 2. The van der Waals surface area contributed by atoms with E-state index in [1.54, 1.807) is 0 Å². The SMILES string of the molecule is CC1CC1CC1C=CCCC1. The minimum Gasteiger partial charge on any atom is -0.0883 e. The third kappa shape index (κ3) is 1.85. The molecule has 0 spiro atoms. The summed E-state index contributed by atoms with van der Waals surface area (Å²) < 4.78 is 0. The second-order valence-corrected chi connectivity index (χ2v) is 4.33. The molecule has 2 aliphatic rings. The van der Waals surface area contributed by atoms with Crippen molar-refractivity contribution in [2.24, 2.45) is 17.8 Å². The summed E-state index contributed by atoms with van der Waals surface area (Å²) in [6.45, 7) is 2.39. The quantitative estimate of drug-likeness (QED) is 0.529. The van der Waals surface area contributed by atoms with Crippen LogP contribution in [0.2, 0.25) is 0 Å². The lowest BCUT2D eigenvalue weighted by molar-refractivity contribution is 0.466. The van der Waals surface area contributed by atoms with Gasteiger partial charge in [-0.2, -0.15) is 0 Å². The first-order valence-corrected chi connectivity index (χ1v) is 5.03. The molecule has 0 heterocycles. The molecule has 0 aromatic carbocycles. The molecule has 0 amide bonds. The maximum atomic E-state index is 2.45. The molecule has 2 aliphatic carbocycles. The zero-order chi connectivity index (χ0) is 7.68. The first-order chi connectivity index (χ1) is 5.36. The summed E-state index contributed by atoms with van der Waals surface area (Å²) in [6, 6.07) is 0. The van der Waals surface area contributed by atoms with Crippen molar-refractivity contribution in [3.63, 3.8) is 0 Å². The Hall–Kier alpha value is -0.260. The Labute approximate surface area is 69.7 Å². The molecule has 3 unspecified atom stereocenters. The Morgan fingerprint density at radius 3 is 2.82 bits per heavy atom. The van der Waals surface area contributed by atoms with Crippen molar-refractivity contribution >= 4 is 0 Å². The van der Waals surface area contributed by atoms with E-state index in [0.717, 1.165) is 17.8 Å². The van der Waals surface area contributed by atoms with Gasteiger partial charge in [0, 0.05) is 0 Å². The van der Waals surface area contributed by atoms with Gasteiger partial charge in [-0.3, -0.25) is 0 Å². The van der Waals surface area contributed by atoms with Gasteiger partial charge in [-0.15, -0.1) is 0 Å². The van der Waals surface area contributed by atoms with Crippen LogP contribution < -0.4 is 0 Å². The van der Waals surface area contributed by atoms with Crippen molar-refractivity contribution in [3.8, 4) is 0 Å². The van der Waals surface area contributed by atoms with Crippen LogP contribution in [-0.4, -0.2) is 0 Å². The lowest BCUT2D eigenvalue weighted by atomic mass is 9.91. The van der Waals surface area contributed by atoms with E-state index in [0.29, 0.717) is 0 Å². The lowest BCUT2D eigenvalue weighted by Crippen LogP contribution is -2.01. The van der Waals surface area contributed by atoms with Gasteiger partial charge in [0.15, 0.2) is 0 Å². The number of hydrogen-bond donors (Lipinski definition) is 0. The van der Waals surface area contributed by atoms with E-state index in [9.17, 15) is 0 Å². The highest BCUT2D eigenvalue weighted by atomic mass is 14.4. The van der Waals surface area contributed by atoms with Crippen LogP contribution in [0.25, 0.3) is 0 Å². The summed E-state index contributed by atoms with van der Waals surface area (Å²) >= 11 is 0. The Bertz CT molecular complexity index is 157. The average molecular weight is 150 g/mol. The first kappa shape index (κ1) is 7.39. The van der Waals surface area contributed by atoms with Crippen LogP contribution in [0.1, 0.15) is 39.0 Å². The Morgan fingerprint density at radius 2 is 2.27 bits per heavy atom. The average Bonchev–Trinajstić information content (AvgIpc) is 2.69. The van der Waals surface area contributed by atoms with Gasteiger partial charge < -0.3 is 0 Å². The van der Waals surface area contributed by atoms with E-state index in [4.69, 9.17) is 0 Å². The highest BCUT2D eigenvalue weighted by Gasteiger charge is 2.33. The van der Waals surface area contributed by atoms with E-state index in [1.165, 1.54) is 32.1 Å². The molecule has 1 fully saturated rings. The lowest BCUT2D eigenvalue weighted by Gasteiger charge is -2.15. The van der Waals surface area contributed by atoms with Crippen LogP contribution in [0, 0.1) is 17.8 Å². The minimum absolute atomic E-state index is 0.943. The molecule has 0 heteroatoms. The molecule has 0 aromatic rings. The summed E-state index contributed by atoms with van der Waals surface area (Å²) in [5, 5.41) is 0. The van der Waals surface area contributed by atoms with Crippen molar-refractivity contribution in [1.82, 2.24) is 0 Å². The molecule has 11 heavy (non-hydrogen) atoms. The van der Waals surface area contributed by atoms with Gasteiger partial charge in [0.25, 0.3) is 0 Å². The monoisotopic (exact) mass is 150 g/mol. The topological polar surface area (TPSA) is 0 Å². The molecule has 0 radical (unpaired) electrons. The maximum absolute atomic E-state index is 2.45. The van der Waals surface area contributed by atoms with E-state index in [1.807, 2.05) is 0 Å². The first-order valence-electron chi connectivity index (χ1n) is 5.03. The molecule has 62 valence electrons. The molecule has 0 bridgehead atoms. The molecular formula is C11H18. The van der Waals surface area contributed by atoms with Gasteiger partial charge in [-0.05, 0) is 49.9 Å². The second-order valence-electron chi connectivity index (χ2n) is 4.33. The van der Waals surface area contributed by atoms with Gasteiger partial charge >= 0.3 is 0 Å². The highest BCUT2D eigenvalue weighted by Crippen LogP contribution is 2.43. The van der Waals surface area contributed by atoms with Crippen molar-refractivity contribution in [2.45, 2.75) is 39.0 Å². The largest absolute Gasteiger partial charge is 0.0883 e. The second kappa shape index (κ2) is 3.00. The Morgan fingerprint density at radius 1 is 1.45 bits per heavy atom. The zero-order valence-corrected chi connectivity index (χ0v) is 7.42. The summed E-state index contributed by atoms with van der Waals surface area (Å²) in [5.41, 5.74) is 0. The van der Waals surface area contributed by atoms with E-state index >= 15 is 0 Å². The molecule has 0 nitrogen and oxygen atoms in total. The van der Waals surface area contributed by atoms with Crippen molar-refractivity contribution in [3.05, 3.63) is 12.2 Å². The van der Waals surface area contributed by atoms with Gasteiger partial charge in [-0.25, -0.2) is 0 Å². The fraction of sp³-hybridized carbons (Fsp3) is 0.818. The Kier molecular flexibility index (Phi) is 2.02. The standard InChI is InChI=1S/C11H18/c1-9-7-11(9)8-10-5-3-2-4-6-10/h3,5,9-11H,2,4,6-8H2,1H3. The summed E-state index contributed by atoms with van der Waals surface area (Å²) in [7, 11) is 0. The van der Waals surface area contributed by atoms with E-state index < -0.39 is 0 Å². The molecule has 0 aliphatic heterocycles. The van der Waals surface area contributed by atoms with E-state index in [-0.39, 0.29) is 0 Å². The van der Waals surface area contributed by atoms with Crippen LogP contribution in [0.3, 0.4) is 0 Å². The van der Waals surface area contributed by atoms with Gasteiger partial charge in [0.1, 0.15) is 0 Å². The summed E-state index contributed by atoms with van der Waals surface area (Å²) in [4.78, 5) is 0. The molecule has 0 aromatic heterocycles. The Balaban J connectivity index is 1.77. The summed E-state index contributed by atoms with van der Waals surface area (Å²) in [6.07, 6.45) is 12.0. The van der Waals surface area contributed by atoms with Crippen molar-refractivity contribution in [1.29, 1.82) is 0 Å². The molecule has 0 N–H and O–H groups in total.